The lowest BCUT2D eigenvalue weighted by Gasteiger charge is -2.24. The molecule has 0 bridgehead atoms. The molecular formula is C11H13ClO3. The van der Waals surface area contributed by atoms with Gasteiger partial charge in [-0.15, -0.1) is 0 Å². The normalized spacial score (nSPS) is 11.5. The largest absolute Gasteiger partial charge is 0.347 e. The van der Waals surface area contributed by atoms with E-state index in [0.29, 0.717) is 10.6 Å². The highest BCUT2D eigenvalue weighted by Gasteiger charge is 2.33. The maximum Gasteiger partial charge on any atom is 0.230 e. The van der Waals surface area contributed by atoms with Gasteiger partial charge in [0.2, 0.25) is 11.6 Å². The van der Waals surface area contributed by atoms with Crippen molar-refractivity contribution >= 4 is 17.4 Å². The Balaban J connectivity index is 2.98. The van der Waals surface area contributed by atoms with Gasteiger partial charge in [0.25, 0.3) is 0 Å². The van der Waals surface area contributed by atoms with Crippen molar-refractivity contribution in [3.05, 3.63) is 34.9 Å². The van der Waals surface area contributed by atoms with Crippen molar-refractivity contribution in [1.29, 1.82) is 0 Å². The number of rotatable bonds is 4. The van der Waals surface area contributed by atoms with Gasteiger partial charge in [-0.2, -0.15) is 0 Å². The van der Waals surface area contributed by atoms with Gasteiger partial charge in [-0.05, 0) is 31.2 Å². The molecule has 4 heteroatoms. The van der Waals surface area contributed by atoms with Gasteiger partial charge in [0.1, 0.15) is 0 Å². The Labute approximate surface area is 93.9 Å². The van der Waals surface area contributed by atoms with E-state index in [9.17, 15) is 4.79 Å². The zero-order chi connectivity index (χ0) is 11.5. The Morgan fingerprint density at radius 2 is 1.67 bits per heavy atom. The van der Waals surface area contributed by atoms with E-state index in [4.69, 9.17) is 21.1 Å². The first-order valence-electron chi connectivity index (χ1n) is 4.44. The fourth-order valence-electron chi connectivity index (χ4n) is 1.13. The molecule has 1 aromatic carbocycles. The summed E-state index contributed by atoms with van der Waals surface area (Å²) in [6.45, 7) is 1.57. The standard InChI is InChI=1S/C11H13ClO3/c1-11(14-2,15-3)10(13)8-4-6-9(12)7-5-8/h4-7H,1-3H3. The van der Waals surface area contributed by atoms with Crippen LogP contribution in [0.2, 0.25) is 5.02 Å². The molecule has 0 radical (unpaired) electrons. The molecule has 0 atom stereocenters. The van der Waals surface area contributed by atoms with Crippen LogP contribution in [0, 0.1) is 0 Å². The smallest absolute Gasteiger partial charge is 0.230 e. The number of benzene rings is 1. The molecule has 0 fully saturated rings. The van der Waals surface area contributed by atoms with Crippen molar-refractivity contribution in [3.63, 3.8) is 0 Å². The average molecular weight is 229 g/mol. The fourth-order valence-corrected chi connectivity index (χ4v) is 1.26. The lowest BCUT2D eigenvalue weighted by Crippen LogP contribution is -2.39. The minimum Gasteiger partial charge on any atom is -0.347 e. The highest BCUT2D eigenvalue weighted by atomic mass is 35.5. The summed E-state index contributed by atoms with van der Waals surface area (Å²) in [5.41, 5.74) is 0.505. The van der Waals surface area contributed by atoms with Crippen LogP contribution in [-0.2, 0) is 9.47 Å². The van der Waals surface area contributed by atoms with Crippen LogP contribution < -0.4 is 0 Å². The lowest BCUT2D eigenvalue weighted by atomic mass is 10.0. The average Bonchev–Trinajstić information content (AvgIpc) is 2.28. The van der Waals surface area contributed by atoms with E-state index >= 15 is 0 Å². The number of hydrogen-bond donors (Lipinski definition) is 0. The van der Waals surface area contributed by atoms with Gasteiger partial charge >= 0.3 is 0 Å². The first-order chi connectivity index (χ1) is 7.03. The van der Waals surface area contributed by atoms with Gasteiger partial charge < -0.3 is 9.47 Å². The van der Waals surface area contributed by atoms with Crippen molar-refractivity contribution in [2.24, 2.45) is 0 Å². The molecule has 1 rings (SSSR count). The monoisotopic (exact) mass is 228 g/mol. The molecule has 15 heavy (non-hydrogen) atoms. The molecule has 0 saturated heterocycles. The van der Waals surface area contributed by atoms with Gasteiger partial charge in [-0.3, -0.25) is 4.79 Å². The minimum absolute atomic E-state index is 0.232. The van der Waals surface area contributed by atoms with Gasteiger partial charge in [0, 0.05) is 24.8 Å². The minimum atomic E-state index is -1.24. The number of carbonyl (C=O) groups is 1. The Hall–Kier alpha value is -0.900. The number of Topliss-reactive ketones (excluding diaryl/α,β-unsaturated/α-hetero) is 1. The molecule has 0 unspecified atom stereocenters. The molecule has 0 saturated carbocycles. The van der Waals surface area contributed by atoms with Crippen LogP contribution >= 0.6 is 11.6 Å². The maximum atomic E-state index is 11.9. The SMILES string of the molecule is COC(C)(OC)C(=O)c1ccc(Cl)cc1. The molecule has 0 aromatic heterocycles. The second kappa shape index (κ2) is 4.75. The third-order valence-corrected chi connectivity index (χ3v) is 2.55. The van der Waals surface area contributed by atoms with Crippen LogP contribution in [-0.4, -0.2) is 25.8 Å². The molecule has 3 nitrogen and oxygen atoms in total. The molecule has 0 amide bonds. The summed E-state index contributed by atoms with van der Waals surface area (Å²) in [6.07, 6.45) is 0. The van der Waals surface area contributed by atoms with Crippen molar-refractivity contribution in [2.45, 2.75) is 12.7 Å². The highest BCUT2D eigenvalue weighted by Crippen LogP contribution is 2.19. The second-order valence-corrected chi connectivity index (χ2v) is 3.63. The summed E-state index contributed by atoms with van der Waals surface area (Å²) in [7, 11) is 2.86. The summed E-state index contributed by atoms with van der Waals surface area (Å²) in [6, 6.07) is 6.59. The number of carbonyl (C=O) groups excluding carboxylic acids is 1. The topological polar surface area (TPSA) is 35.5 Å². The Morgan fingerprint density at radius 1 is 1.20 bits per heavy atom. The van der Waals surface area contributed by atoms with E-state index in [1.165, 1.54) is 14.2 Å². The summed E-state index contributed by atoms with van der Waals surface area (Å²) < 4.78 is 10.1. The second-order valence-electron chi connectivity index (χ2n) is 3.19. The predicted molar refractivity (Wildman–Crippen MR) is 58.2 cm³/mol. The van der Waals surface area contributed by atoms with Crippen LogP contribution in [0.25, 0.3) is 0 Å². The van der Waals surface area contributed by atoms with Gasteiger partial charge in [-0.25, -0.2) is 0 Å². The van der Waals surface area contributed by atoms with E-state index in [1.807, 2.05) is 0 Å². The van der Waals surface area contributed by atoms with Crippen molar-refractivity contribution in [1.82, 2.24) is 0 Å². The number of methoxy groups -OCH3 is 2. The Kier molecular flexibility index (Phi) is 3.85. The summed E-state index contributed by atoms with van der Waals surface area (Å²) in [4.78, 5) is 11.9. The predicted octanol–water partition coefficient (Wildman–Crippen LogP) is 2.53. The first kappa shape index (κ1) is 12.2. The molecule has 0 aliphatic heterocycles. The van der Waals surface area contributed by atoms with Crippen molar-refractivity contribution < 1.29 is 14.3 Å². The van der Waals surface area contributed by atoms with Gasteiger partial charge in [0.15, 0.2) is 0 Å². The van der Waals surface area contributed by atoms with Crippen LogP contribution in [0.1, 0.15) is 17.3 Å². The third kappa shape index (κ3) is 2.56. The third-order valence-electron chi connectivity index (χ3n) is 2.30. The number of ether oxygens (including phenoxy) is 2. The molecule has 0 aliphatic carbocycles. The van der Waals surface area contributed by atoms with Crippen LogP contribution in [0.4, 0.5) is 0 Å². The van der Waals surface area contributed by atoms with Crippen molar-refractivity contribution in [3.8, 4) is 0 Å². The van der Waals surface area contributed by atoms with E-state index in [1.54, 1.807) is 31.2 Å². The zero-order valence-corrected chi connectivity index (χ0v) is 9.67. The molecule has 0 N–H and O–H groups in total. The van der Waals surface area contributed by atoms with Crippen LogP contribution in [0.5, 0.6) is 0 Å². The summed E-state index contributed by atoms with van der Waals surface area (Å²) in [5.74, 6) is -1.47. The summed E-state index contributed by atoms with van der Waals surface area (Å²) in [5, 5.41) is 0.586. The lowest BCUT2D eigenvalue weighted by molar-refractivity contribution is -0.155. The number of hydrogen-bond acceptors (Lipinski definition) is 3. The Morgan fingerprint density at radius 3 is 2.07 bits per heavy atom. The zero-order valence-electron chi connectivity index (χ0n) is 8.91. The van der Waals surface area contributed by atoms with Crippen molar-refractivity contribution in [2.75, 3.05) is 14.2 Å². The first-order valence-corrected chi connectivity index (χ1v) is 4.82. The number of ketones is 1. The molecule has 1 aromatic rings. The molecule has 0 heterocycles. The maximum absolute atomic E-state index is 11.9. The van der Waals surface area contributed by atoms with Crippen LogP contribution in [0.3, 0.4) is 0 Å². The van der Waals surface area contributed by atoms with E-state index in [2.05, 4.69) is 0 Å². The fraction of sp³-hybridized carbons (Fsp3) is 0.364. The van der Waals surface area contributed by atoms with E-state index in [-0.39, 0.29) is 5.78 Å². The van der Waals surface area contributed by atoms with E-state index in [0.717, 1.165) is 0 Å². The molecule has 0 aliphatic rings. The molecule has 0 spiro atoms. The molecule has 82 valence electrons. The number of halogens is 1. The van der Waals surface area contributed by atoms with Crippen LogP contribution in [0.15, 0.2) is 24.3 Å². The Bertz CT molecular complexity index is 341. The highest BCUT2D eigenvalue weighted by molar-refractivity contribution is 6.30. The summed E-state index contributed by atoms with van der Waals surface area (Å²) >= 11 is 5.72. The quantitative estimate of drug-likeness (QED) is 0.587. The van der Waals surface area contributed by atoms with E-state index < -0.39 is 5.79 Å². The van der Waals surface area contributed by atoms with Gasteiger partial charge in [-0.1, -0.05) is 11.6 Å². The molecular weight excluding hydrogens is 216 g/mol. The van der Waals surface area contributed by atoms with Gasteiger partial charge in [0.05, 0.1) is 0 Å².